The molecule has 2 unspecified atom stereocenters. The quantitative estimate of drug-likeness (QED) is 0.391. The van der Waals surface area contributed by atoms with Gasteiger partial charge in [-0.1, -0.05) is 5.21 Å². The molecule has 0 bridgehead atoms. The van der Waals surface area contributed by atoms with Crippen LogP contribution in [0.25, 0.3) is 22.6 Å². The molecule has 0 aromatic carbocycles. The number of hydrogen-bond donors (Lipinski definition) is 4. The summed E-state index contributed by atoms with van der Waals surface area (Å²) in [5.74, 6) is 0.688. The minimum atomic E-state index is -0.257. The number of nitrogens with zero attached hydrogens (tertiary/aromatic N) is 7. The molecule has 166 valence electrons. The number of primary amides is 1. The monoisotopic (exact) mass is 436 g/mol. The maximum Gasteiger partial charge on any atom is 0.225 e. The lowest BCUT2D eigenvalue weighted by Gasteiger charge is -2.12. The Hall–Kier alpha value is -3.64. The predicted octanol–water partition coefficient (Wildman–Crippen LogP) is -0.175. The van der Waals surface area contributed by atoms with E-state index >= 15 is 0 Å². The molecule has 32 heavy (non-hydrogen) atoms. The summed E-state index contributed by atoms with van der Waals surface area (Å²) in [6.07, 6.45) is 7.66. The molecule has 1 aliphatic carbocycles. The maximum atomic E-state index is 11.4. The first-order valence-electron chi connectivity index (χ1n) is 10.5. The molecule has 12 heteroatoms. The number of hydrogen-bond acceptors (Lipinski definition) is 10. The summed E-state index contributed by atoms with van der Waals surface area (Å²) in [7, 11) is 0. The third kappa shape index (κ3) is 3.97. The highest BCUT2D eigenvalue weighted by Crippen LogP contribution is 2.27. The Morgan fingerprint density at radius 1 is 1.28 bits per heavy atom. The molecule has 1 amide bonds. The molecule has 5 N–H and O–H groups in total. The van der Waals surface area contributed by atoms with Crippen LogP contribution in [0.5, 0.6) is 0 Å². The van der Waals surface area contributed by atoms with Gasteiger partial charge in [0.15, 0.2) is 17.0 Å². The molecule has 2 aliphatic rings. The summed E-state index contributed by atoms with van der Waals surface area (Å²) in [6, 6.07) is 3.93. The normalized spacial score (nSPS) is 20.7. The van der Waals surface area contributed by atoms with E-state index in [9.17, 15) is 4.79 Å². The van der Waals surface area contributed by atoms with E-state index < -0.39 is 0 Å². The largest absolute Gasteiger partial charge is 0.394 e. The molecule has 0 spiro atoms. The Bertz CT molecular complexity index is 1160. The van der Waals surface area contributed by atoms with Gasteiger partial charge in [-0.25, -0.2) is 15.4 Å². The fourth-order valence-corrected chi connectivity index (χ4v) is 4.10. The van der Waals surface area contributed by atoms with Crippen LogP contribution in [0.15, 0.2) is 30.7 Å². The van der Waals surface area contributed by atoms with Crippen molar-refractivity contribution in [3.05, 3.63) is 36.3 Å². The van der Waals surface area contributed by atoms with Crippen LogP contribution in [0.2, 0.25) is 0 Å². The second-order valence-electron chi connectivity index (χ2n) is 7.97. The Morgan fingerprint density at radius 3 is 2.94 bits per heavy atom. The number of β-amino-alcohol motifs (C(OH)–C–C–N with tert-alkyl or cyclic N) is 1. The van der Waals surface area contributed by atoms with Crippen LogP contribution in [-0.2, 0) is 4.79 Å². The SMILES string of the molecule is NC(=O)C1CCC(Nc2ncc3nnn(-c4ccc(C5=CN(CCO)NC5)cn4)c3n2)C1. The van der Waals surface area contributed by atoms with E-state index in [4.69, 9.17) is 10.8 Å². The molecule has 3 aromatic heterocycles. The summed E-state index contributed by atoms with van der Waals surface area (Å²) in [6.45, 7) is 1.28. The molecule has 4 heterocycles. The Morgan fingerprint density at radius 2 is 2.19 bits per heavy atom. The first-order valence-corrected chi connectivity index (χ1v) is 10.5. The summed E-state index contributed by atoms with van der Waals surface area (Å²) < 4.78 is 1.58. The number of rotatable bonds is 7. The van der Waals surface area contributed by atoms with Gasteiger partial charge in [0, 0.05) is 30.9 Å². The zero-order valence-corrected chi connectivity index (χ0v) is 17.3. The van der Waals surface area contributed by atoms with Gasteiger partial charge in [0.2, 0.25) is 11.9 Å². The molecule has 0 radical (unpaired) electrons. The van der Waals surface area contributed by atoms with Crippen LogP contribution in [-0.4, -0.2) is 71.7 Å². The van der Waals surface area contributed by atoms with Crippen molar-refractivity contribution in [1.29, 1.82) is 0 Å². The minimum absolute atomic E-state index is 0.0819. The Labute approximate surface area is 183 Å². The average molecular weight is 436 g/mol. The zero-order valence-electron chi connectivity index (χ0n) is 17.3. The van der Waals surface area contributed by atoms with Gasteiger partial charge in [0.05, 0.1) is 19.3 Å². The van der Waals surface area contributed by atoms with Gasteiger partial charge in [-0.05, 0) is 42.5 Å². The van der Waals surface area contributed by atoms with Gasteiger partial charge in [-0.3, -0.25) is 4.79 Å². The molecule has 0 saturated heterocycles. The fraction of sp³-hybridized carbons (Fsp3) is 0.400. The van der Waals surface area contributed by atoms with Crippen molar-refractivity contribution in [2.45, 2.75) is 25.3 Å². The third-order valence-corrected chi connectivity index (χ3v) is 5.82. The van der Waals surface area contributed by atoms with Crippen LogP contribution in [0, 0.1) is 5.92 Å². The van der Waals surface area contributed by atoms with Crippen LogP contribution in [0.4, 0.5) is 5.95 Å². The highest BCUT2D eigenvalue weighted by molar-refractivity contribution is 5.77. The van der Waals surface area contributed by atoms with E-state index in [2.05, 4.69) is 36.0 Å². The third-order valence-electron chi connectivity index (χ3n) is 5.82. The molecular weight excluding hydrogens is 412 g/mol. The van der Waals surface area contributed by atoms with Crippen molar-refractivity contribution < 1.29 is 9.90 Å². The maximum absolute atomic E-state index is 11.4. The number of carbonyl (C=O) groups excluding carboxylic acids is 1. The molecule has 5 rings (SSSR count). The van der Waals surface area contributed by atoms with Crippen molar-refractivity contribution >= 4 is 28.6 Å². The molecule has 1 aliphatic heterocycles. The number of amides is 1. The standard InChI is InChI=1S/C20H24N10O2/c21-18(32)12-1-3-15(7-12)25-20-23-10-16-19(26-20)30(28-27-16)17-4-2-13(8-22-17)14-9-24-29(11-14)5-6-31/h2,4,8,10-12,15,24,31H,1,3,5-7,9H2,(H2,21,32)(H,23,25,26). The number of carbonyl (C=O) groups is 1. The van der Waals surface area contributed by atoms with E-state index in [-0.39, 0.29) is 24.5 Å². The van der Waals surface area contributed by atoms with Crippen LogP contribution < -0.4 is 16.5 Å². The van der Waals surface area contributed by atoms with Crippen molar-refractivity contribution in [3.63, 3.8) is 0 Å². The number of nitrogens with one attached hydrogen (secondary N) is 2. The smallest absolute Gasteiger partial charge is 0.225 e. The predicted molar refractivity (Wildman–Crippen MR) is 116 cm³/mol. The molecule has 3 aromatic rings. The summed E-state index contributed by atoms with van der Waals surface area (Å²) in [5, 5.41) is 22.5. The van der Waals surface area contributed by atoms with Crippen molar-refractivity contribution in [1.82, 2.24) is 40.4 Å². The highest BCUT2D eigenvalue weighted by Gasteiger charge is 2.29. The van der Waals surface area contributed by atoms with Gasteiger partial charge in [0.1, 0.15) is 0 Å². The zero-order chi connectivity index (χ0) is 22.1. The lowest BCUT2D eigenvalue weighted by Crippen LogP contribution is -2.31. The van der Waals surface area contributed by atoms with Gasteiger partial charge >= 0.3 is 0 Å². The van der Waals surface area contributed by atoms with Crippen molar-refractivity contribution in [2.75, 3.05) is 25.0 Å². The lowest BCUT2D eigenvalue weighted by molar-refractivity contribution is -0.121. The minimum Gasteiger partial charge on any atom is -0.394 e. The summed E-state index contributed by atoms with van der Waals surface area (Å²) >= 11 is 0. The number of aromatic nitrogens is 6. The number of aliphatic hydroxyl groups excluding tert-OH is 1. The molecule has 1 saturated carbocycles. The summed E-state index contributed by atoms with van der Waals surface area (Å²) in [5.41, 5.74) is 11.8. The highest BCUT2D eigenvalue weighted by atomic mass is 16.3. The molecule has 1 fully saturated rings. The van der Waals surface area contributed by atoms with E-state index in [1.54, 1.807) is 17.1 Å². The lowest BCUT2D eigenvalue weighted by atomic mass is 10.1. The first-order chi connectivity index (χ1) is 15.6. The summed E-state index contributed by atoms with van der Waals surface area (Å²) in [4.78, 5) is 24.9. The van der Waals surface area contributed by atoms with Crippen molar-refractivity contribution in [2.24, 2.45) is 11.7 Å². The number of nitrogens with two attached hydrogens (primary N) is 1. The van der Waals surface area contributed by atoms with E-state index in [1.165, 1.54) is 0 Å². The second-order valence-corrected chi connectivity index (χ2v) is 7.97. The number of pyridine rings is 1. The second kappa shape index (κ2) is 8.48. The first kappa shape index (κ1) is 20.3. The van der Waals surface area contributed by atoms with Gasteiger partial charge < -0.3 is 21.2 Å². The van der Waals surface area contributed by atoms with Crippen LogP contribution >= 0.6 is 0 Å². The van der Waals surface area contributed by atoms with Gasteiger partial charge in [-0.15, -0.1) is 5.10 Å². The molecule has 2 atom stereocenters. The Balaban J connectivity index is 1.35. The van der Waals surface area contributed by atoms with E-state index in [0.717, 1.165) is 24.0 Å². The Kier molecular flexibility index (Phi) is 5.37. The fourth-order valence-electron chi connectivity index (χ4n) is 4.10. The number of fused-ring (bicyclic) bond motifs is 1. The number of aliphatic hydroxyl groups is 1. The van der Waals surface area contributed by atoms with Crippen LogP contribution in [0.3, 0.4) is 0 Å². The molecule has 12 nitrogen and oxygen atoms in total. The van der Waals surface area contributed by atoms with E-state index in [0.29, 0.717) is 42.4 Å². The topological polar surface area (TPSA) is 160 Å². The van der Waals surface area contributed by atoms with Crippen molar-refractivity contribution in [3.8, 4) is 5.82 Å². The molecular formula is C20H24N10O2. The number of hydrazine groups is 1. The average Bonchev–Trinajstić information content (AvgIpc) is 3.54. The van der Waals surface area contributed by atoms with Gasteiger partial charge in [-0.2, -0.15) is 9.67 Å². The van der Waals surface area contributed by atoms with Gasteiger partial charge in [0.25, 0.3) is 0 Å². The number of anilines is 1. The van der Waals surface area contributed by atoms with Crippen LogP contribution in [0.1, 0.15) is 24.8 Å². The van der Waals surface area contributed by atoms with E-state index in [1.807, 2.05) is 23.3 Å².